The number of fused-ring (bicyclic) bond motifs is 1. The lowest BCUT2D eigenvalue weighted by Gasteiger charge is -2.03. The van der Waals surface area contributed by atoms with Crippen LogP contribution < -0.4 is 4.74 Å². The first kappa shape index (κ1) is 9.97. The first-order valence-electron chi connectivity index (χ1n) is 4.08. The number of aromatic carboxylic acids is 1. The van der Waals surface area contributed by atoms with Gasteiger partial charge in [0.15, 0.2) is 0 Å². The third-order valence-electron chi connectivity index (χ3n) is 2.04. The SMILES string of the molecule is COc1cc(C(=O)O)cc2n[nH]c(Br)c12. The fraction of sp³-hybridized carbons (Fsp3) is 0.111. The molecule has 0 aliphatic carbocycles. The molecular formula is C9H7BrN2O3. The Morgan fingerprint density at radius 3 is 2.93 bits per heavy atom. The predicted octanol–water partition coefficient (Wildman–Crippen LogP) is 2.03. The summed E-state index contributed by atoms with van der Waals surface area (Å²) in [7, 11) is 1.49. The van der Waals surface area contributed by atoms with Gasteiger partial charge >= 0.3 is 5.97 Å². The van der Waals surface area contributed by atoms with Gasteiger partial charge in [0, 0.05) is 0 Å². The molecule has 0 saturated carbocycles. The Kier molecular flexibility index (Phi) is 2.36. The average Bonchev–Trinajstić information content (AvgIpc) is 2.59. The Morgan fingerprint density at radius 1 is 1.60 bits per heavy atom. The molecule has 0 saturated heterocycles. The topological polar surface area (TPSA) is 75.2 Å². The van der Waals surface area contributed by atoms with E-state index in [1.165, 1.54) is 19.2 Å². The van der Waals surface area contributed by atoms with Gasteiger partial charge in [-0.3, -0.25) is 5.10 Å². The average molecular weight is 271 g/mol. The molecule has 2 aromatic rings. The van der Waals surface area contributed by atoms with Crippen LogP contribution in [0.2, 0.25) is 0 Å². The molecule has 15 heavy (non-hydrogen) atoms. The Labute approximate surface area is 93.2 Å². The summed E-state index contributed by atoms with van der Waals surface area (Å²) in [6.45, 7) is 0. The van der Waals surface area contributed by atoms with Crippen molar-refractivity contribution in [3.8, 4) is 5.75 Å². The van der Waals surface area contributed by atoms with E-state index in [2.05, 4.69) is 26.1 Å². The lowest BCUT2D eigenvalue weighted by atomic mass is 10.1. The summed E-state index contributed by atoms with van der Waals surface area (Å²) < 4.78 is 5.78. The molecule has 0 aliphatic heterocycles. The predicted molar refractivity (Wildman–Crippen MR) is 57.3 cm³/mol. The Hall–Kier alpha value is -1.56. The summed E-state index contributed by atoms with van der Waals surface area (Å²) in [6.07, 6.45) is 0. The lowest BCUT2D eigenvalue weighted by Crippen LogP contribution is -1.97. The number of hydrogen-bond donors (Lipinski definition) is 2. The first-order valence-corrected chi connectivity index (χ1v) is 4.87. The smallest absolute Gasteiger partial charge is 0.335 e. The number of halogens is 1. The van der Waals surface area contributed by atoms with Gasteiger partial charge in [-0.1, -0.05) is 0 Å². The Morgan fingerprint density at radius 2 is 2.33 bits per heavy atom. The highest BCUT2D eigenvalue weighted by atomic mass is 79.9. The number of carboxylic acids is 1. The van der Waals surface area contributed by atoms with Gasteiger partial charge in [-0.2, -0.15) is 5.10 Å². The van der Waals surface area contributed by atoms with Crippen LogP contribution in [0.15, 0.2) is 16.7 Å². The van der Waals surface area contributed by atoms with Crippen LogP contribution >= 0.6 is 15.9 Å². The zero-order valence-corrected chi connectivity index (χ0v) is 9.33. The molecule has 1 heterocycles. The number of carbonyl (C=O) groups is 1. The van der Waals surface area contributed by atoms with Gasteiger partial charge in [-0.05, 0) is 28.1 Å². The van der Waals surface area contributed by atoms with Crippen molar-refractivity contribution in [1.82, 2.24) is 10.2 Å². The lowest BCUT2D eigenvalue weighted by molar-refractivity contribution is 0.0696. The molecule has 1 aromatic carbocycles. The number of nitrogens with one attached hydrogen (secondary N) is 1. The van der Waals surface area contributed by atoms with Crippen LogP contribution in [0, 0.1) is 0 Å². The second-order valence-corrected chi connectivity index (χ2v) is 3.71. The molecule has 5 nitrogen and oxygen atoms in total. The molecule has 6 heteroatoms. The molecule has 0 atom stereocenters. The van der Waals surface area contributed by atoms with E-state index in [-0.39, 0.29) is 5.56 Å². The van der Waals surface area contributed by atoms with E-state index >= 15 is 0 Å². The fourth-order valence-corrected chi connectivity index (χ4v) is 1.85. The normalized spacial score (nSPS) is 10.5. The van der Waals surface area contributed by atoms with Crippen molar-refractivity contribution in [3.63, 3.8) is 0 Å². The van der Waals surface area contributed by atoms with Gasteiger partial charge in [-0.15, -0.1) is 0 Å². The number of aromatic nitrogens is 2. The van der Waals surface area contributed by atoms with Crippen LogP contribution in [0.4, 0.5) is 0 Å². The van der Waals surface area contributed by atoms with Crippen molar-refractivity contribution < 1.29 is 14.6 Å². The summed E-state index contributed by atoms with van der Waals surface area (Å²) in [5, 5.41) is 16.3. The van der Waals surface area contributed by atoms with Gasteiger partial charge in [0.1, 0.15) is 10.4 Å². The maximum atomic E-state index is 10.8. The van der Waals surface area contributed by atoms with Gasteiger partial charge in [-0.25, -0.2) is 4.79 Å². The maximum absolute atomic E-state index is 10.8. The summed E-state index contributed by atoms with van der Waals surface area (Å²) in [4.78, 5) is 10.8. The van der Waals surface area contributed by atoms with Crippen LogP contribution in [0.25, 0.3) is 10.9 Å². The summed E-state index contributed by atoms with van der Waals surface area (Å²) >= 11 is 3.27. The Bertz CT molecular complexity index is 535. The molecule has 0 fully saturated rings. The second-order valence-electron chi connectivity index (χ2n) is 2.92. The Balaban J connectivity index is 2.79. The highest BCUT2D eigenvalue weighted by Crippen LogP contribution is 2.31. The van der Waals surface area contributed by atoms with E-state index in [4.69, 9.17) is 9.84 Å². The quantitative estimate of drug-likeness (QED) is 0.876. The third kappa shape index (κ3) is 1.56. The minimum absolute atomic E-state index is 0.151. The van der Waals surface area contributed by atoms with Crippen molar-refractivity contribution >= 4 is 32.8 Å². The highest BCUT2D eigenvalue weighted by molar-refractivity contribution is 9.10. The molecule has 78 valence electrons. The number of methoxy groups -OCH3 is 1. The third-order valence-corrected chi connectivity index (χ3v) is 2.62. The molecule has 2 rings (SSSR count). The van der Waals surface area contributed by atoms with E-state index in [1.54, 1.807) is 0 Å². The monoisotopic (exact) mass is 270 g/mol. The van der Waals surface area contributed by atoms with Crippen LogP contribution in [0.1, 0.15) is 10.4 Å². The minimum atomic E-state index is -1.01. The highest BCUT2D eigenvalue weighted by Gasteiger charge is 2.13. The number of rotatable bonds is 2. The summed E-state index contributed by atoms with van der Waals surface area (Å²) in [6, 6.07) is 2.95. The van der Waals surface area contributed by atoms with E-state index in [0.717, 1.165) is 5.39 Å². The zero-order chi connectivity index (χ0) is 11.0. The number of aromatic amines is 1. The van der Waals surface area contributed by atoms with E-state index in [0.29, 0.717) is 15.9 Å². The standard InChI is InChI=1S/C9H7BrN2O3/c1-15-6-3-4(9(13)14)2-5-7(6)8(10)12-11-5/h2-3H,1H3,(H,11,12)(H,13,14). The van der Waals surface area contributed by atoms with Gasteiger partial charge in [0.2, 0.25) is 0 Å². The number of ether oxygens (including phenoxy) is 1. The van der Waals surface area contributed by atoms with E-state index < -0.39 is 5.97 Å². The van der Waals surface area contributed by atoms with E-state index in [1.807, 2.05) is 0 Å². The van der Waals surface area contributed by atoms with Crippen LogP contribution in [-0.2, 0) is 0 Å². The van der Waals surface area contributed by atoms with Crippen LogP contribution in [0.5, 0.6) is 5.75 Å². The molecule has 0 amide bonds. The van der Waals surface area contributed by atoms with Crippen molar-refractivity contribution in [2.24, 2.45) is 0 Å². The maximum Gasteiger partial charge on any atom is 0.335 e. The van der Waals surface area contributed by atoms with Crippen LogP contribution in [0.3, 0.4) is 0 Å². The summed E-state index contributed by atoms with van der Waals surface area (Å²) in [5.41, 5.74) is 0.706. The second kappa shape index (κ2) is 3.54. The molecule has 0 aliphatic rings. The fourth-order valence-electron chi connectivity index (χ4n) is 1.36. The number of benzene rings is 1. The van der Waals surface area contributed by atoms with E-state index in [9.17, 15) is 4.79 Å². The molecule has 0 unspecified atom stereocenters. The van der Waals surface area contributed by atoms with Crippen molar-refractivity contribution in [2.75, 3.05) is 7.11 Å². The molecular weight excluding hydrogens is 264 g/mol. The molecule has 2 N–H and O–H groups in total. The summed E-state index contributed by atoms with van der Waals surface area (Å²) in [5.74, 6) is -0.528. The molecule has 0 radical (unpaired) electrons. The molecule has 1 aromatic heterocycles. The molecule has 0 spiro atoms. The number of hydrogen-bond acceptors (Lipinski definition) is 3. The van der Waals surface area contributed by atoms with Crippen molar-refractivity contribution in [2.45, 2.75) is 0 Å². The first-order chi connectivity index (χ1) is 7.13. The number of H-pyrrole nitrogens is 1. The van der Waals surface area contributed by atoms with Gasteiger partial charge in [0.05, 0.1) is 23.6 Å². The van der Waals surface area contributed by atoms with Gasteiger partial charge in [0.25, 0.3) is 0 Å². The number of nitrogens with zero attached hydrogens (tertiary/aromatic N) is 1. The zero-order valence-electron chi connectivity index (χ0n) is 7.74. The molecule has 0 bridgehead atoms. The largest absolute Gasteiger partial charge is 0.496 e. The van der Waals surface area contributed by atoms with Crippen molar-refractivity contribution in [3.05, 3.63) is 22.3 Å². The van der Waals surface area contributed by atoms with Gasteiger partial charge < -0.3 is 9.84 Å². The van der Waals surface area contributed by atoms with Crippen molar-refractivity contribution in [1.29, 1.82) is 0 Å². The number of carboxylic acid groups (broad SMARTS) is 1. The minimum Gasteiger partial charge on any atom is -0.496 e. The van der Waals surface area contributed by atoms with Crippen LogP contribution in [-0.4, -0.2) is 28.4 Å².